The highest BCUT2D eigenvalue weighted by Crippen LogP contribution is 2.37. The Hall–Kier alpha value is -3.36. The predicted octanol–water partition coefficient (Wildman–Crippen LogP) is 6.22. The van der Waals surface area contributed by atoms with Gasteiger partial charge < -0.3 is 9.64 Å². The molecule has 0 bridgehead atoms. The van der Waals surface area contributed by atoms with Crippen LogP contribution in [0, 0.1) is 5.82 Å². The second kappa shape index (κ2) is 10.7. The van der Waals surface area contributed by atoms with Crippen molar-refractivity contribution in [1.82, 2.24) is 4.90 Å². The molecule has 0 aromatic heterocycles. The van der Waals surface area contributed by atoms with Crippen molar-refractivity contribution in [3.8, 4) is 16.9 Å². The molecule has 0 spiro atoms. The van der Waals surface area contributed by atoms with Gasteiger partial charge in [0.15, 0.2) is 5.75 Å². The maximum atomic E-state index is 15.1. The van der Waals surface area contributed by atoms with Gasteiger partial charge in [-0.25, -0.2) is 12.8 Å². The lowest BCUT2D eigenvalue weighted by Gasteiger charge is -2.19. The van der Waals surface area contributed by atoms with E-state index < -0.39 is 15.8 Å². The highest BCUT2D eigenvalue weighted by atomic mass is 35.5. The van der Waals surface area contributed by atoms with Crippen LogP contribution >= 0.6 is 11.6 Å². The van der Waals surface area contributed by atoms with Crippen molar-refractivity contribution in [3.05, 3.63) is 82.6 Å². The number of carbonyl (C=O) groups is 1. The molecule has 9 heteroatoms. The quantitative estimate of drug-likeness (QED) is 0.395. The van der Waals surface area contributed by atoms with Gasteiger partial charge in [0.1, 0.15) is 10.7 Å². The van der Waals surface area contributed by atoms with E-state index in [0.717, 1.165) is 18.4 Å². The van der Waals surface area contributed by atoms with Gasteiger partial charge in [-0.05, 0) is 55.2 Å². The molecule has 0 unspecified atom stereocenters. The van der Waals surface area contributed by atoms with Crippen molar-refractivity contribution in [2.75, 3.05) is 24.9 Å². The summed E-state index contributed by atoms with van der Waals surface area (Å²) >= 11 is 6.35. The first-order valence-corrected chi connectivity index (χ1v) is 13.3. The normalized spacial score (nSPS) is 13.8. The van der Waals surface area contributed by atoms with E-state index in [1.54, 1.807) is 36.1 Å². The number of rotatable bonds is 7. The Balaban J connectivity index is 1.81. The minimum atomic E-state index is -4.35. The Labute approximate surface area is 215 Å². The molecule has 1 N–H and O–H groups in total. The first kappa shape index (κ1) is 25.7. The number of nitrogens with one attached hydrogen (secondary N) is 1. The average molecular weight is 529 g/mol. The van der Waals surface area contributed by atoms with Crippen LogP contribution in [0.15, 0.2) is 65.6 Å². The number of allylic oxidation sites excluding steroid dienone is 1. The van der Waals surface area contributed by atoms with Crippen LogP contribution in [0.25, 0.3) is 17.2 Å². The van der Waals surface area contributed by atoms with Crippen molar-refractivity contribution >= 4 is 39.3 Å². The summed E-state index contributed by atoms with van der Waals surface area (Å²) < 4.78 is 50.2. The van der Waals surface area contributed by atoms with E-state index in [-0.39, 0.29) is 38.4 Å². The third-order valence-electron chi connectivity index (χ3n) is 5.96. The fraction of sp³-hybridized carbons (Fsp3) is 0.222. The molecule has 1 heterocycles. The van der Waals surface area contributed by atoms with E-state index in [4.69, 9.17) is 16.3 Å². The Bertz CT molecular complexity index is 1420. The Kier molecular flexibility index (Phi) is 7.66. The SMILES string of the molecule is C/C=C/c1c(F)cc(-c2ccccc2)cc1NS(=O)(=O)c1cc(C(=O)N2CCCC2)cc(Cl)c1OC. The summed E-state index contributed by atoms with van der Waals surface area (Å²) in [6, 6.07) is 14.6. The zero-order valence-corrected chi connectivity index (χ0v) is 21.5. The van der Waals surface area contributed by atoms with Gasteiger partial charge in [-0.15, -0.1) is 0 Å². The number of ether oxygens (including phenoxy) is 1. The lowest BCUT2D eigenvalue weighted by atomic mass is 10.0. The molecule has 1 aliphatic rings. The second-order valence-electron chi connectivity index (χ2n) is 8.38. The van der Waals surface area contributed by atoms with Crippen LogP contribution in [-0.4, -0.2) is 39.4 Å². The lowest BCUT2D eigenvalue weighted by Crippen LogP contribution is -2.28. The highest BCUT2D eigenvalue weighted by Gasteiger charge is 2.28. The maximum absolute atomic E-state index is 15.1. The number of nitrogens with zero attached hydrogens (tertiary/aromatic N) is 1. The molecule has 1 fully saturated rings. The largest absolute Gasteiger partial charge is 0.494 e. The zero-order valence-electron chi connectivity index (χ0n) is 19.9. The number of sulfonamides is 1. The van der Waals surface area contributed by atoms with Gasteiger partial charge in [-0.1, -0.05) is 54.1 Å². The van der Waals surface area contributed by atoms with Gasteiger partial charge in [-0.2, -0.15) is 0 Å². The van der Waals surface area contributed by atoms with Crippen LogP contribution in [0.2, 0.25) is 5.02 Å². The molecule has 0 radical (unpaired) electrons. The van der Waals surface area contributed by atoms with E-state index in [0.29, 0.717) is 18.7 Å². The average Bonchev–Trinajstić information content (AvgIpc) is 3.40. The number of hydrogen-bond donors (Lipinski definition) is 1. The molecule has 6 nitrogen and oxygen atoms in total. The Morgan fingerprint density at radius 1 is 1.08 bits per heavy atom. The molecule has 0 atom stereocenters. The predicted molar refractivity (Wildman–Crippen MR) is 140 cm³/mol. The van der Waals surface area contributed by atoms with Gasteiger partial charge in [0.25, 0.3) is 15.9 Å². The van der Waals surface area contributed by atoms with Crippen molar-refractivity contribution in [2.45, 2.75) is 24.7 Å². The lowest BCUT2D eigenvalue weighted by molar-refractivity contribution is 0.0792. The molecule has 3 aromatic carbocycles. The molecular formula is C27H26ClFN2O4S. The molecule has 36 heavy (non-hydrogen) atoms. The Morgan fingerprint density at radius 3 is 2.42 bits per heavy atom. The third-order valence-corrected chi connectivity index (χ3v) is 7.61. The maximum Gasteiger partial charge on any atom is 0.265 e. The molecule has 4 rings (SSSR count). The molecule has 0 saturated carbocycles. The zero-order chi connectivity index (χ0) is 25.9. The highest BCUT2D eigenvalue weighted by molar-refractivity contribution is 7.92. The topological polar surface area (TPSA) is 75.7 Å². The Morgan fingerprint density at radius 2 is 1.78 bits per heavy atom. The summed E-state index contributed by atoms with van der Waals surface area (Å²) in [6.07, 6.45) is 4.88. The van der Waals surface area contributed by atoms with Crippen LogP contribution in [0.4, 0.5) is 10.1 Å². The van der Waals surface area contributed by atoms with Crippen molar-refractivity contribution in [2.24, 2.45) is 0 Å². The summed E-state index contributed by atoms with van der Waals surface area (Å²) in [6.45, 7) is 2.90. The van der Waals surface area contributed by atoms with Crippen LogP contribution in [0.5, 0.6) is 5.75 Å². The molecule has 1 amide bonds. The van der Waals surface area contributed by atoms with Crippen molar-refractivity contribution < 1.29 is 22.3 Å². The number of methoxy groups -OCH3 is 1. The van der Waals surface area contributed by atoms with E-state index in [9.17, 15) is 13.2 Å². The first-order valence-electron chi connectivity index (χ1n) is 11.5. The number of likely N-dealkylation sites (tertiary alicyclic amines) is 1. The van der Waals surface area contributed by atoms with E-state index >= 15 is 4.39 Å². The van der Waals surface area contributed by atoms with E-state index in [1.165, 1.54) is 31.4 Å². The van der Waals surface area contributed by atoms with Crippen LogP contribution in [-0.2, 0) is 10.0 Å². The standard InChI is InChI=1S/C27H26ClFN2O4S/c1-3-9-21-23(29)15-19(18-10-5-4-6-11-18)16-24(21)30-36(33,34)25-17-20(14-22(28)26(25)35-2)27(32)31-12-7-8-13-31/h3-6,9-11,14-17,30H,7-8,12-13H2,1-2H3/b9-3+. The monoisotopic (exact) mass is 528 g/mol. The van der Waals surface area contributed by atoms with Crippen LogP contribution in [0.3, 0.4) is 0 Å². The fourth-order valence-corrected chi connectivity index (χ4v) is 5.87. The summed E-state index contributed by atoms with van der Waals surface area (Å²) in [4.78, 5) is 14.3. The van der Waals surface area contributed by atoms with Crippen molar-refractivity contribution in [1.29, 1.82) is 0 Å². The third kappa shape index (κ3) is 5.24. The molecule has 188 valence electrons. The number of anilines is 1. The molecule has 1 aliphatic heterocycles. The number of carbonyl (C=O) groups excluding carboxylic acids is 1. The number of benzene rings is 3. The molecular weight excluding hydrogens is 503 g/mol. The van der Waals surface area contributed by atoms with Gasteiger partial charge >= 0.3 is 0 Å². The van der Waals surface area contributed by atoms with Crippen LogP contribution < -0.4 is 9.46 Å². The minimum Gasteiger partial charge on any atom is -0.494 e. The number of halogens is 2. The van der Waals surface area contributed by atoms with Gasteiger partial charge in [0.2, 0.25) is 0 Å². The molecule has 1 saturated heterocycles. The molecule has 0 aliphatic carbocycles. The smallest absolute Gasteiger partial charge is 0.265 e. The van der Waals surface area contributed by atoms with Crippen LogP contribution in [0.1, 0.15) is 35.7 Å². The van der Waals surface area contributed by atoms with Gasteiger partial charge in [0, 0.05) is 24.2 Å². The minimum absolute atomic E-state index is 0.0131. The van der Waals surface area contributed by atoms with Gasteiger partial charge in [0.05, 0.1) is 17.8 Å². The summed E-state index contributed by atoms with van der Waals surface area (Å²) in [5.74, 6) is -0.996. The number of hydrogen-bond acceptors (Lipinski definition) is 4. The second-order valence-corrected chi connectivity index (χ2v) is 10.4. The molecule has 3 aromatic rings. The van der Waals surface area contributed by atoms with Crippen molar-refractivity contribution in [3.63, 3.8) is 0 Å². The summed E-state index contributed by atoms with van der Waals surface area (Å²) in [7, 11) is -3.05. The first-order chi connectivity index (χ1) is 17.2. The number of amides is 1. The summed E-state index contributed by atoms with van der Waals surface area (Å²) in [5, 5.41) is -0.0131. The summed E-state index contributed by atoms with van der Waals surface area (Å²) in [5.41, 5.74) is 1.49. The fourth-order valence-electron chi connectivity index (χ4n) is 4.23. The van der Waals surface area contributed by atoms with E-state index in [2.05, 4.69) is 4.72 Å². The van der Waals surface area contributed by atoms with E-state index in [1.807, 2.05) is 18.2 Å². The van der Waals surface area contributed by atoms with Gasteiger partial charge in [-0.3, -0.25) is 9.52 Å².